The fraction of sp³-hybridized carbons (Fsp3) is 0.350. The van der Waals surface area contributed by atoms with Crippen LogP contribution in [0.15, 0.2) is 53.4 Å². The van der Waals surface area contributed by atoms with Crippen LogP contribution >= 0.6 is 0 Å². The molecule has 0 aliphatic rings. The molecule has 2 aromatic rings. The van der Waals surface area contributed by atoms with Crippen LogP contribution in [0.25, 0.3) is 0 Å². The van der Waals surface area contributed by atoms with Crippen LogP contribution in [0, 0.1) is 6.92 Å². The van der Waals surface area contributed by atoms with E-state index in [-0.39, 0.29) is 10.5 Å². The van der Waals surface area contributed by atoms with Crippen LogP contribution in [0.5, 0.6) is 0 Å². The monoisotopic (exact) mass is 375 g/mol. The summed E-state index contributed by atoms with van der Waals surface area (Å²) < 4.78 is 32.3. The van der Waals surface area contributed by atoms with Gasteiger partial charge < -0.3 is 4.74 Å². The Kier molecular flexibility index (Phi) is 6.56. The molecule has 0 bridgehead atoms. The molecule has 140 valence electrons. The Labute approximate surface area is 155 Å². The molecule has 0 aliphatic carbocycles. The second-order valence-corrected chi connectivity index (χ2v) is 7.96. The van der Waals surface area contributed by atoms with Crippen molar-refractivity contribution in [1.29, 1.82) is 0 Å². The zero-order valence-electron chi connectivity index (χ0n) is 15.6. The molecule has 1 atom stereocenters. The number of hydrogen-bond acceptors (Lipinski definition) is 4. The van der Waals surface area contributed by atoms with Gasteiger partial charge in [-0.3, -0.25) is 0 Å². The molecule has 0 heterocycles. The number of benzene rings is 2. The lowest BCUT2D eigenvalue weighted by Gasteiger charge is -2.19. The summed E-state index contributed by atoms with van der Waals surface area (Å²) in [5.74, 6) is -0.532. The van der Waals surface area contributed by atoms with Crippen molar-refractivity contribution in [2.75, 3.05) is 13.1 Å². The molecule has 0 aliphatic heterocycles. The number of nitrogens with zero attached hydrogens (tertiary/aromatic N) is 1. The largest absolute Gasteiger partial charge is 0.454 e. The standard InChI is InChI=1S/C20H25NO4S/c1-5-21(6-2)26(23,24)18-13-12-15(3)19(14-18)20(22)25-16(4)17-10-8-7-9-11-17/h7-14,16H,5-6H2,1-4H3/t16-/m1/s1. The molecule has 26 heavy (non-hydrogen) atoms. The van der Waals surface area contributed by atoms with Crippen LogP contribution in [0.4, 0.5) is 0 Å². The van der Waals surface area contributed by atoms with Gasteiger partial charge in [0.15, 0.2) is 0 Å². The number of ether oxygens (including phenoxy) is 1. The van der Waals surface area contributed by atoms with Crippen molar-refractivity contribution in [2.24, 2.45) is 0 Å². The molecule has 5 nitrogen and oxygen atoms in total. The third-order valence-electron chi connectivity index (χ3n) is 4.32. The maximum absolute atomic E-state index is 12.7. The van der Waals surface area contributed by atoms with Gasteiger partial charge >= 0.3 is 5.97 Å². The van der Waals surface area contributed by atoms with E-state index in [1.54, 1.807) is 33.8 Å². The van der Waals surface area contributed by atoms with Crippen LogP contribution in [-0.2, 0) is 14.8 Å². The predicted molar refractivity (Wildman–Crippen MR) is 102 cm³/mol. The van der Waals surface area contributed by atoms with E-state index < -0.39 is 22.1 Å². The molecular weight excluding hydrogens is 350 g/mol. The third kappa shape index (κ3) is 4.31. The number of rotatable bonds is 7. The Balaban J connectivity index is 2.31. The van der Waals surface area contributed by atoms with Crippen molar-refractivity contribution in [3.8, 4) is 0 Å². The van der Waals surface area contributed by atoms with E-state index in [4.69, 9.17) is 4.74 Å². The van der Waals surface area contributed by atoms with Crippen molar-refractivity contribution in [2.45, 2.75) is 38.7 Å². The first kappa shape index (κ1) is 20.1. The van der Waals surface area contributed by atoms with E-state index in [1.165, 1.54) is 16.4 Å². The fourth-order valence-corrected chi connectivity index (χ4v) is 4.19. The van der Waals surface area contributed by atoms with Crippen LogP contribution in [0.3, 0.4) is 0 Å². The Bertz CT molecular complexity index is 859. The van der Waals surface area contributed by atoms with E-state index in [0.29, 0.717) is 18.7 Å². The van der Waals surface area contributed by atoms with Gasteiger partial charge in [-0.25, -0.2) is 13.2 Å². The second-order valence-electron chi connectivity index (χ2n) is 6.02. The van der Waals surface area contributed by atoms with Crippen LogP contribution in [0.1, 0.15) is 48.4 Å². The zero-order valence-corrected chi connectivity index (χ0v) is 16.4. The summed E-state index contributed by atoms with van der Waals surface area (Å²) in [5, 5.41) is 0. The molecule has 0 radical (unpaired) electrons. The number of esters is 1. The van der Waals surface area contributed by atoms with Crippen LogP contribution in [0.2, 0.25) is 0 Å². The molecule has 0 aromatic heterocycles. The molecule has 0 amide bonds. The van der Waals surface area contributed by atoms with Gasteiger partial charge in [0, 0.05) is 13.1 Å². The third-order valence-corrected chi connectivity index (χ3v) is 6.37. The van der Waals surface area contributed by atoms with E-state index in [1.807, 2.05) is 30.3 Å². The first-order valence-corrected chi connectivity index (χ1v) is 10.1. The van der Waals surface area contributed by atoms with Gasteiger partial charge in [-0.2, -0.15) is 4.31 Å². The minimum atomic E-state index is -3.63. The maximum atomic E-state index is 12.7. The minimum absolute atomic E-state index is 0.103. The number of sulfonamides is 1. The van der Waals surface area contributed by atoms with Gasteiger partial charge in [0.05, 0.1) is 10.5 Å². The molecule has 0 N–H and O–H groups in total. The summed E-state index contributed by atoms with van der Waals surface area (Å²) in [6.45, 7) is 7.86. The van der Waals surface area contributed by atoms with Crippen molar-refractivity contribution < 1.29 is 17.9 Å². The molecule has 6 heteroatoms. The fourth-order valence-electron chi connectivity index (χ4n) is 2.71. The summed E-state index contributed by atoms with van der Waals surface area (Å²) >= 11 is 0. The van der Waals surface area contributed by atoms with E-state index in [9.17, 15) is 13.2 Å². The summed E-state index contributed by atoms with van der Waals surface area (Å²) in [4.78, 5) is 12.7. The molecule has 0 saturated carbocycles. The summed E-state index contributed by atoms with van der Waals surface area (Å²) in [6.07, 6.45) is -0.425. The second kappa shape index (κ2) is 8.47. The highest BCUT2D eigenvalue weighted by Crippen LogP contribution is 2.23. The molecule has 0 saturated heterocycles. The topological polar surface area (TPSA) is 63.7 Å². The highest BCUT2D eigenvalue weighted by atomic mass is 32.2. The normalized spacial score (nSPS) is 12.8. The summed E-state index contributed by atoms with van der Waals surface area (Å²) in [6, 6.07) is 14.0. The van der Waals surface area contributed by atoms with Crippen molar-refractivity contribution in [1.82, 2.24) is 4.31 Å². The average Bonchev–Trinajstić information content (AvgIpc) is 2.63. The van der Waals surface area contributed by atoms with E-state index in [0.717, 1.165) is 5.56 Å². The predicted octanol–water partition coefficient (Wildman–Crippen LogP) is 3.94. The summed E-state index contributed by atoms with van der Waals surface area (Å²) in [5.41, 5.74) is 1.82. The van der Waals surface area contributed by atoms with Crippen LogP contribution in [-0.4, -0.2) is 31.8 Å². The lowest BCUT2D eigenvalue weighted by Crippen LogP contribution is -2.30. The van der Waals surface area contributed by atoms with Gasteiger partial charge in [-0.1, -0.05) is 50.2 Å². The van der Waals surface area contributed by atoms with Gasteiger partial charge in [0.1, 0.15) is 6.10 Å². The van der Waals surface area contributed by atoms with Gasteiger partial charge in [0.25, 0.3) is 0 Å². The molecule has 0 unspecified atom stereocenters. The maximum Gasteiger partial charge on any atom is 0.339 e. The van der Waals surface area contributed by atoms with Gasteiger partial charge in [-0.15, -0.1) is 0 Å². The van der Waals surface area contributed by atoms with Crippen LogP contribution < -0.4 is 0 Å². The van der Waals surface area contributed by atoms with Gasteiger partial charge in [0.2, 0.25) is 10.0 Å². The number of aryl methyl sites for hydroxylation is 1. The smallest absolute Gasteiger partial charge is 0.339 e. The molecule has 2 aromatic carbocycles. The first-order valence-electron chi connectivity index (χ1n) is 8.68. The van der Waals surface area contributed by atoms with E-state index >= 15 is 0 Å². The number of hydrogen-bond donors (Lipinski definition) is 0. The lowest BCUT2D eigenvalue weighted by molar-refractivity contribution is 0.0336. The van der Waals surface area contributed by atoms with Crippen molar-refractivity contribution in [3.05, 3.63) is 65.2 Å². The Morgan fingerprint density at radius 3 is 2.27 bits per heavy atom. The van der Waals surface area contributed by atoms with E-state index in [2.05, 4.69) is 0 Å². The zero-order chi connectivity index (χ0) is 19.3. The number of carbonyl (C=O) groups excluding carboxylic acids is 1. The lowest BCUT2D eigenvalue weighted by atomic mass is 10.1. The first-order chi connectivity index (χ1) is 12.3. The number of carbonyl (C=O) groups is 1. The highest BCUT2D eigenvalue weighted by Gasteiger charge is 2.24. The Morgan fingerprint density at radius 1 is 1.08 bits per heavy atom. The summed E-state index contributed by atoms with van der Waals surface area (Å²) in [7, 11) is -3.63. The Morgan fingerprint density at radius 2 is 1.69 bits per heavy atom. The molecule has 0 fully saturated rings. The molecule has 2 rings (SSSR count). The molecule has 0 spiro atoms. The van der Waals surface area contributed by atoms with Crippen molar-refractivity contribution >= 4 is 16.0 Å². The van der Waals surface area contributed by atoms with Crippen molar-refractivity contribution in [3.63, 3.8) is 0 Å². The average molecular weight is 375 g/mol. The minimum Gasteiger partial charge on any atom is -0.454 e. The Hall–Kier alpha value is -2.18. The highest BCUT2D eigenvalue weighted by molar-refractivity contribution is 7.89. The quantitative estimate of drug-likeness (QED) is 0.688. The molecular formula is C20H25NO4S. The SMILES string of the molecule is CCN(CC)S(=O)(=O)c1ccc(C)c(C(=O)O[C@H](C)c2ccccc2)c1. The van der Waals surface area contributed by atoms with Gasteiger partial charge in [-0.05, 0) is 37.1 Å².